The number of nitrogens with two attached hydrogens (primary N) is 1. The Hall–Kier alpha value is -0.120. The van der Waals surface area contributed by atoms with Gasteiger partial charge >= 0.3 is 0 Å². The molecule has 1 aliphatic rings. The molecule has 0 amide bonds. The van der Waals surface area contributed by atoms with Crippen LogP contribution in [-0.4, -0.2) is 29.5 Å². The van der Waals surface area contributed by atoms with E-state index in [1.807, 2.05) is 6.92 Å². The van der Waals surface area contributed by atoms with E-state index < -0.39 is 0 Å². The van der Waals surface area contributed by atoms with Crippen molar-refractivity contribution in [3.05, 3.63) is 0 Å². The molecule has 78 valence electrons. The molecule has 0 aromatic carbocycles. The number of aliphatic hydroxyl groups excluding tert-OH is 1. The first-order valence-corrected chi connectivity index (χ1v) is 5.18. The van der Waals surface area contributed by atoms with Crippen molar-refractivity contribution in [2.24, 2.45) is 5.73 Å². The van der Waals surface area contributed by atoms with E-state index in [-0.39, 0.29) is 12.2 Å². The highest BCUT2D eigenvalue weighted by atomic mass is 16.5. The molecule has 0 aromatic heterocycles. The third-order valence-corrected chi connectivity index (χ3v) is 2.81. The molecule has 0 heterocycles. The summed E-state index contributed by atoms with van der Waals surface area (Å²) in [6.07, 6.45) is 4.06. The van der Waals surface area contributed by atoms with Crippen LogP contribution in [0, 0.1) is 0 Å². The molecule has 13 heavy (non-hydrogen) atoms. The average molecular weight is 187 g/mol. The summed E-state index contributed by atoms with van der Waals surface area (Å²) in [5.74, 6) is 0. The van der Waals surface area contributed by atoms with Gasteiger partial charge in [0.15, 0.2) is 0 Å². The Morgan fingerprint density at radius 3 is 2.23 bits per heavy atom. The monoisotopic (exact) mass is 187 g/mol. The Kier molecular flexibility index (Phi) is 4.16. The van der Waals surface area contributed by atoms with Gasteiger partial charge in [-0.15, -0.1) is 0 Å². The maximum atomic E-state index is 9.25. The Morgan fingerprint density at radius 1 is 1.23 bits per heavy atom. The third-order valence-electron chi connectivity index (χ3n) is 2.81. The topological polar surface area (TPSA) is 55.5 Å². The van der Waals surface area contributed by atoms with Crippen molar-refractivity contribution in [2.75, 3.05) is 0 Å². The number of rotatable bonds is 3. The number of hydrogen-bond donors (Lipinski definition) is 2. The van der Waals surface area contributed by atoms with Gasteiger partial charge in [0.1, 0.15) is 0 Å². The summed E-state index contributed by atoms with van der Waals surface area (Å²) in [4.78, 5) is 0. The van der Waals surface area contributed by atoms with Crippen LogP contribution in [0.5, 0.6) is 0 Å². The fourth-order valence-corrected chi connectivity index (χ4v) is 1.64. The molecule has 1 saturated carbocycles. The molecule has 3 heteroatoms. The lowest BCUT2D eigenvalue weighted by molar-refractivity contribution is -0.0735. The van der Waals surface area contributed by atoms with Crippen molar-refractivity contribution >= 4 is 0 Å². The summed E-state index contributed by atoms with van der Waals surface area (Å²) in [6.45, 7) is 3.68. The maximum Gasteiger partial charge on any atom is 0.0806 e. The van der Waals surface area contributed by atoms with Crippen molar-refractivity contribution in [3.8, 4) is 0 Å². The number of ether oxygens (including phenoxy) is 1. The van der Waals surface area contributed by atoms with Gasteiger partial charge < -0.3 is 15.6 Å². The lowest BCUT2D eigenvalue weighted by Crippen LogP contribution is -2.34. The van der Waals surface area contributed by atoms with Crippen LogP contribution >= 0.6 is 0 Å². The first kappa shape index (κ1) is 11.0. The highest BCUT2D eigenvalue weighted by Crippen LogP contribution is 2.21. The highest BCUT2D eigenvalue weighted by Gasteiger charge is 2.22. The zero-order chi connectivity index (χ0) is 9.84. The van der Waals surface area contributed by atoms with Crippen molar-refractivity contribution in [2.45, 2.75) is 63.9 Å². The molecular formula is C10H21NO2. The van der Waals surface area contributed by atoms with E-state index in [0.29, 0.717) is 12.1 Å². The first-order chi connectivity index (χ1) is 6.09. The van der Waals surface area contributed by atoms with Gasteiger partial charge in [-0.3, -0.25) is 0 Å². The maximum absolute atomic E-state index is 9.25. The van der Waals surface area contributed by atoms with Gasteiger partial charge in [-0.2, -0.15) is 0 Å². The quantitative estimate of drug-likeness (QED) is 0.694. The minimum atomic E-state index is -0.379. The second-order valence-electron chi connectivity index (χ2n) is 4.12. The largest absolute Gasteiger partial charge is 0.391 e. The van der Waals surface area contributed by atoms with Gasteiger partial charge in [-0.05, 0) is 39.5 Å². The Balaban J connectivity index is 2.22. The van der Waals surface area contributed by atoms with E-state index in [4.69, 9.17) is 10.5 Å². The van der Waals surface area contributed by atoms with Gasteiger partial charge in [0.05, 0.1) is 18.3 Å². The van der Waals surface area contributed by atoms with E-state index in [0.717, 1.165) is 25.7 Å². The summed E-state index contributed by atoms with van der Waals surface area (Å²) < 4.78 is 5.70. The molecule has 1 aliphatic carbocycles. The molecule has 3 N–H and O–H groups in total. The molecule has 2 atom stereocenters. The van der Waals surface area contributed by atoms with Crippen LogP contribution in [0.3, 0.4) is 0 Å². The predicted molar refractivity (Wildman–Crippen MR) is 52.5 cm³/mol. The number of hydrogen-bond acceptors (Lipinski definition) is 3. The molecule has 1 fully saturated rings. The zero-order valence-electron chi connectivity index (χ0n) is 8.57. The van der Waals surface area contributed by atoms with Crippen molar-refractivity contribution in [3.63, 3.8) is 0 Å². The van der Waals surface area contributed by atoms with E-state index in [9.17, 15) is 5.11 Å². The number of aliphatic hydroxyl groups is 1. The van der Waals surface area contributed by atoms with Crippen LogP contribution in [0.1, 0.15) is 39.5 Å². The molecule has 1 rings (SSSR count). The minimum Gasteiger partial charge on any atom is -0.391 e. The van der Waals surface area contributed by atoms with Crippen molar-refractivity contribution in [1.29, 1.82) is 0 Å². The molecule has 0 radical (unpaired) electrons. The van der Waals surface area contributed by atoms with Crippen LogP contribution in [0.15, 0.2) is 0 Å². The second kappa shape index (κ2) is 4.94. The molecule has 0 aliphatic heterocycles. The SMILES string of the molecule is CC(O)C(C)OC1CCC(N)CC1. The van der Waals surface area contributed by atoms with Crippen LogP contribution in [0.4, 0.5) is 0 Å². The molecular weight excluding hydrogens is 166 g/mol. The van der Waals surface area contributed by atoms with Crippen LogP contribution < -0.4 is 5.73 Å². The van der Waals surface area contributed by atoms with E-state index >= 15 is 0 Å². The van der Waals surface area contributed by atoms with Crippen LogP contribution in [0.2, 0.25) is 0 Å². The van der Waals surface area contributed by atoms with Crippen molar-refractivity contribution < 1.29 is 9.84 Å². The normalized spacial score (nSPS) is 34.2. The van der Waals surface area contributed by atoms with E-state index in [2.05, 4.69) is 0 Å². The standard InChI is InChI=1S/C10H21NO2/c1-7(12)8(2)13-10-5-3-9(11)4-6-10/h7-10,12H,3-6,11H2,1-2H3. The van der Waals surface area contributed by atoms with Crippen LogP contribution in [0.25, 0.3) is 0 Å². The summed E-state index contributed by atoms with van der Waals surface area (Å²) in [6, 6.07) is 0.363. The van der Waals surface area contributed by atoms with Crippen LogP contribution in [-0.2, 0) is 4.74 Å². The van der Waals surface area contributed by atoms with E-state index in [1.54, 1.807) is 6.92 Å². The van der Waals surface area contributed by atoms with Gasteiger partial charge in [0.2, 0.25) is 0 Å². The summed E-state index contributed by atoms with van der Waals surface area (Å²) >= 11 is 0. The highest BCUT2D eigenvalue weighted by molar-refractivity contribution is 4.75. The predicted octanol–water partition coefficient (Wildman–Crippen LogP) is 1.04. The molecule has 3 nitrogen and oxygen atoms in total. The Labute approximate surface area is 80.3 Å². The third kappa shape index (κ3) is 3.63. The molecule has 0 spiro atoms. The minimum absolute atomic E-state index is 0.0562. The second-order valence-corrected chi connectivity index (χ2v) is 4.12. The van der Waals surface area contributed by atoms with Gasteiger partial charge in [-0.1, -0.05) is 0 Å². The van der Waals surface area contributed by atoms with Crippen molar-refractivity contribution in [1.82, 2.24) is 0 Å². The van der Waals surface area contributed by atoms with Gasteiger partial charge in [-0.25, -0.2) is 0 Å². The summed E-state index contributed by atoms with van der Waals surface area (Å²) in [5.41, 5.74) is 5.78. The summed E-state index contributed by atoms with van der Waals surface area (Å²) in [7, 11) is 0. The van der Waals surface area contributed by atoms with Gasteiger partial charge in [0.25, 0.3) is 0 Å². The summed E-state index contributed by atoms with van der Waals surface area (Å²) in [5, 5.41) is 9.25. The molecule has 0 saturated heterocycles. The Bertz CT molecular complexity index is 142. The lowest BCUT2D eigenvalue weighted by atomic mass is 9.93. The zero-order valence-corrected chi connectivity index (χ0v) is 8.57. The smallest absolute Gasteiger partial charge is 0.0806 e. The first-order valence-electron chi connectivity index (χ1n) is 5.18. The Morgan fingerprint density at radius 2 is 1.77 bits per heavy atom. The van der Waals surface area contributed by atoms with E-state index in [1.165, 1.54) is 0 Å². The fourth-order valence-electron chi connectivity index (χ4n) is 1.64. The fraction of sp³-hybridized carbons (Fsp3) is 1.00. The lowest BCUT2D eigenvalue weighted by Gasteiger charge is -2.29. The van der Waals surface area contributed by atoms with Gasteiger partial charge in [0, 0.05) is 6.04 Å². The molecule has 0 bridgehead atoms. The molecule has 0 aromatic rings. The molecule has 2 unspecified atom stereocenters. The average Bonchev–Trinajstić information content (AvgIpc) is 2.08.